The quantitative estimate of drug-likeness (QED) is 0.151. The number of nitrogens with zero attached hydrogens (tertiary/aromatic N) is 1. The number of aromatic carboxylic acids is 1. The number of hydrogen-bond donors (Lipinski definition) is 2. The molecule has 1 saturated heterocycles. The highest BCUT2D eigenvalue weighted by molar-refractivity contribution is 7.00. The first-order valence-electron chi connectivity index (χ1n) is 16.7. The average Bonchev–Trinajstić information content (AvgIpc) is 3.57. The summed E-state index contributed by atoms with van der Waals surface area (Å²) in [5.74, 6) is 0.0136. The summed E-state index contributed by atoms with van der Waals surface area (Å²) in [7, 11) is -2.90. The van der Waals surface area contributed by atoms with Crippen molar-refractivity contribution in [2.75, 3.05) is 13.2 Å². The molecule has 2 N–H and O–H groups in total. The van der Waals surface area contributed by atoms with E-state index in [2.05, 4.69) is 110 Å². The van der Waals surface area contributed by atoms with E-state index in [1.165, 1.54) is 21.3 Å². The summed E-state index contributed by atoms with van der Waals surface area (Å²) in [5.41, 5.74) is 4.85. The van der Waals surface area contributed by atoms with E-state index >= 15 is 0 Å². The largest absolute Gasteiger partial charge is 0.534 e. The number of carboxylic acids is 1. The maximum Gasteiger partial charge on any atom is 0.335 e. The number of likely N-dealkylation sites (tertiary alicyclic amines) is 1. The van der Waals surface area contributed by atoms with Crippen molar-refractivity contribution in [3.05, 3.63) is 126 Å². The standard InChI is InChI=1S/C40H46N2O4Si/c1-6-45-31-22-24-42(36(26-31)29-17-19-30(20-18-29)39(43)44)27-35-34-21-23-41-38(34)28(2)25-37(35)46-47(40(3,4)5,32-13-9-7-10-14-32)33-15-11-8-12-16-33/h7-21,23,25,31,36,41H,6,22,24,26-27H2,1-5H3,(H,43,44)/t31-,36-/m0/s1. The third kappa shape index (κ3) is 6.40. The minimum absolute atomic E-state index is 0.0687. The summed E-state index contributed by atoms with van der Waals surface area (Å²) in [6.07, 6.45) is 3.95. The fourth-order valence-electron chi connectivity index (χ4n) is 7.46. The molecule has 244 valence electrons. The summed E-state index contributed by atoms with van der Waals surface area (Å²) in [6, 6.07) is 33.5. The van der Waals surface area contributed by atoms with Gasteiger partial charge < -0.3 is 19.3 Å². The Morgan fingerprint density at radius 3 is 2.17 bits per heavy atom. The Morgan fingerprint density at radius 2 is 1.60 bits per heavy atom. The Hall–Kier alpha value is -4.17. The fourth-order valence-corrected chi connectivity index (χ4v) is 11.9. The molecule has 5 aromatic rings. The number of fused-ring (bicyclic) bond motifs is 1. The number of H-pyrrole nitrogens is 1. The predicted octanol–water partition coefficient (Wildman–Crippen LogP) is 7.86. The zero-order valence-electron chi connectivity index (χ0n) is 28.1. The maximum absolute atomic E-state index is 11.6. The number of carboxylic acid groups (broad SMARTS) is 1. The summed E-state index contributed by atoms with van der Waals surface area (Å²) in [4.78, 5) is 17.7. The molecule has 6 nitrogen and oxygen atoms in total. The number of piperidine rings is 1. The van der Waals surface area contributed by atoms with E-state index in [-0.39, 0.29) is 17.2 Å². The van der Waals surface area contributed by atoms with Gasteiger partial charge in [-0.25, -0.2) is 4.79 Å². The SMILES string of the molecule is CCO[C@H]1CCN(Cc2c(O[Si](c3ccccc3)(c3ccccc3)C(C)(C)C)cc(C)c3[nH]ccc23)[C@H](c2ccc(C(=O)O)cc2)C1. The number of carbonyl (C=O) groups is 1. The van der Waals surface area contributed by atoms with Gasteiger partial charge in [0.15, 0.2) is 0 Å². The van der Waals surface area contributed by atoms with Gasteiger partial charge in [0.05, 0.1) is 11.7 Å². The van der Waals surface area contributed by atoms with Crippen molar-refractivity contribution >= 4 is 35.6 Å². The zero-order valence-corrected chi connectivity index (χ0v) is 29.1. The second-order valence-corrected chi connectivity index (χ2v) is 17.9. The number of aromatic amines is 1. The van der Waals surface area contributed by atoms with Gasteiger partial charge >= 0.3 is 14.3 Å². The molecule has 0 saturated carbocycles. The summed E-state index contributed by atoms with van der Waals surface area (Å²) >= 11 is 0. The van der Waals surface area contributed by atoms with Gasteiger partial charge in [0, 0.05) is 48.4 Å². The molecule has 4 aromatic carbocycles. The highest BCUT2D eigenvalue weighted by Crippen LogP contribution is 2.42. The minimum Gasteiger partial charge on any atom is -0.534 e. The highest BCUT2D eigenvalue weighted by Gasteiger charge is 2.52. The van der Waals surface area contributed by atoms with Crippen LogP contribution in [0.15, 0.2) is 103 Å². The Kier molecular flexibility index (Phi) is 9.42. The van der Waals surface area contributed by atoms with Gasteiger partial charge in [-0.2, -0.15) is 0 Å². The first-order valence-corrected chi connectivity index (χ1v) is 18.6. The molecule has 1 aliphatic heterocycles. The first kappa shape index (κ1) is 32.8. The van der Waals surface area contributed by atoms with Crippen molar-refractivity contribution in [1.82, 2.24) is 9.88 Å². The summed E-state index contributed by atoms with van der Waals surface area (Å²) in [5, 5.41) is 13.0. The van der Waals surface area contributed by atoms with Gasteiger partial charge in [-0.3, -0.25) is 4.90 Å². The van der Waals surface area contributed by atoms with Gasteiger partial charge in [0.1, 0.15) is 5.75 Å². The van der Waals surface area contributed by atoms with Crippen molar-refractivity contribution in [3.8, 4) is 5.75 Å². The molecule has 47 heavy (non-hydrogen) atoms. The number of nitrogens with one attached hydrogen (secondary N) is 1. The van der Waals surface area contributed by atoms with Gasteiger partial charge in [-0.05, 0) is 77.5 Å². The van der Waals surface area contributed by atoms with E-state index < -0.39 is 14.3 Å². The minimum atomic E-state index is -2.90. The molecule has 1 fully saturated rings. The van der Waals surface area contributed by atoms with Crippen LogP contribution < -0.4 is 14.8 Å². The molecule has 2 atom stereocenters. The summed E-state index contributed by atoms with van der Waals surface area (Å²) < 4.78 is 13.9. The van der Waals surface area contributed by atoms with Crippen molar-refractivity contribution in [3.63, 3.8) is 0 Å². The molecule has 2 heterocycles. The number of aryl methyl sites for hydroxylation is 1. The van der Waals surface area contributed by atoms with Crippen LogP contribution in [0.1, 0.15) is 73.6 Å². The lowest BCUT2D eigenvalue weighted by Gasteiger charge is -2.44. The van der Waals surface area contributed by atoms with E-state index in [9.17, 15) is 9.90 Å². The third-order valence-corrected chi connectivity index (χ3v) is 14.7. The van der Waals surface area contributed by atoms with Crippen LogP contribution in [0.2, 0.25) is 5.04 Å². The van der Waals surface area contributed by atoms with Gasteiger partial charge in [-0.1, -0.05) is 93.6 Å². The average molecular weight is 647 g/mol. The van der Waals surface area contributed by atoms with Crippen LogP contribution in [0, 0.1) is 6.92 Å². The van der Waals surface area contributed by atoms with Crippen molar-refractivity contribution < 1.29 is 19.1 Å². The topological polar surface area (TPSA) is 74.8 Å². The molecule has 1 aliphatic rings. The molecule has 0 radical (unpaired) electrons. The van der Waals surface area contributed by atoms with Crippen LogP contribution in [0.3, 0.4) is 0 Å². The van der Waals surface area contributed by atoms with Crippen LogP contribution in [0.25, 0.3) is 10.9 Å². The molecular weight excluding hydrogens is 601 g/mol. The highest BCUT2D eigenvalue weighted by atomic mass is 28.4. The number of benzene rings is 4. The number of rotatable bonds is 10. The van der Waals surface area contributed by atoms with E-state index in [4.69, 9.17) is 9.16 Å². The van der Waals surface area contributed by atoms with E-state index in [1.54, 1.807) is 12.1 Å². The normalized spacial score (nSPS) is 17.6. The number of aromatic nitrogens is 1. The van der Waals surface area contributed by atoms with Crippen LogP contribution in [0.5, 0.6) is 5.75 Å². The van der Waals surface area contributed by atoms with Crippen molar-refractivity contribution in [1.29, 1.82) is 0 Å². The molecule has 6 rings (SSSR count). The van der Waals surface area contributed by atoms with Crippen LogP contribution >= 0.6 is 0 Å². The van der Waals surface area contributed by atoms with Crippen molar-refractivity contribution in [2.24, 2.45) is 0 Å². The second-order valence-electron chi connectivity index (χ2n) is 13.7. The van der Waals surface area contributed by atoms with E-state index in [0.717, 1.165) is 41.8 Å². The molecule has 0 amide bonds. The lowest BCUT2D eigenvalue weighted by Crippen LogP contribution is -2.69. The number of hydrogen-bond acceptors (Lipinski definition) is 4. The molecular formula is C40H46N2O4Si. The Morgan fingerprint density at radius 1 is 0.957 bits per heavy atom. The predicted molar refractivity (Wildman–Crippen MR) is 192 cm³/mol. The smallest absolute Gasteiger partial charge is 0.335 e. The monoisotopic (exact) mass is 646 g/mol. The third-order valence-electron chi connectivity index (χ3n) is 9.76. The second kappa shape index (κ2) is 13.5. The lowest BCUT2D eigenvalue weighted by molar-refractivity contribution is -0.0137. The molecule has 0 unspecified atom stereocenters. The molecule has 0 bridgehead atoms. The van der Waals surface area contributed by atoms with Gasteiger partial charge in [-0.15, -0.1) is 0 Å². The Labute approximate surface area is 279 Å². The molecule has 0 aliphatic carbocycles. The van der Waals surface area contributed by atoms with E-state index in [1.807, 2.05) is 25.3 Å². The summed E-state index contributed by atoms with van der Waals surface area (Å²) in [6.45, 7) is 13.4. The first-order chi connectivity index (χ1) is 22.6. The van der Waals surface area contributed by atoms with Crippen LogP contribution in [-0.2, 0) is 11.3 Å². The van der Waals surface area contributed by atoms with Gasteiger partial charge in [0.2, 0.25) is 0 Å². The van der Waals surface area contributed by atoms with Gasteiger partial charge in [0.25, 0.3) is 0 Å². The molecule has 0 spiro atoms. The fraction of sp³-hybridized carbons (Fsp3) is 0.325. The Balaban J connectivity index is 1.49. The lowest BCUT2D eigenvalue weighted by atomic mass is 9.91. The van der Waals surface area contributed by atoms with Crippen molar-refractivity contribution in [2.45, 2.75) is 71.2 Å². The maximum atomic E-state index is 11.6. The van der Waals surface area contributed by atoms with Crippen LogP contribution in [-0.4, -0.2) is 48.5 Å². The van der Waals surface area contributed by atoms with E-state index in [0.29, 0.717) is 18.7 Å². The van der Waals surface area contributed by atoms with Crippen LogP contribution in [0.4, 0.5) is 0 Å². The Bertz CT molecular complexity index is 1770. The number of ether oxygens (including phenoxy) is 1. The zero-order chi connectivity index (χ0) is 33.2. The molecule has 7 heteroatoms. The molecule has 1 aromatic heterocycles.